The van der Waals surface area contributed by atoms with Crippen LogP contribution in [-0.4, -0.2) is 28.1 Å². The zero-order chi connectivity index (χ0) is 11.4. The summed E-state index contributed by atoms with van der Waals surface area (Å²) in [5.74, 6) is -2.18. The van der Waals surface area contributed by atoms with E-state index >= 15 is 0 Å². The maximum Gasteiger partial charge on any atom is 0.336 e. The Balaban J connectivity index is 3.21. The molecule has 0 radical (unpaired) electrons. The molecule has 1 atom stereocenters. The van der Waals surface area contributed by atoms with E-state index in [-0.39, 0.29) is 11.1 Å². The number of carbonyl (C=O) groups is 2. The first kappa shape index (κ1) is 10.9. The minimum Gasteiger partial charge on any atom is -0.478 e. The second-order valence-corrected chi connectivity index (χ2v) is 2.75. The van der Waals surface area contributed by atoms with Crippen LogP contribution in [0.1, 0.15) is 20.7 Å². The van der Waals surface area contributed by atoms with Gasteiger partial charge in [-0.25, -0.2) is 4.79 Å². The molecule has 1 unspecified atom stereocenters. The largest absolute Gasteiger partial charge is 0.478 e. The number of Topliss-reactive ketones (excluding diaryl/α,β-unsaturated/α-hetero) is 1. The van der Waals surface area contributed by atoms with Crippen molar-refractivity contribution < 1.29 is 19.8 Å². The molecular weight excluding hydrogens is 198 g/mol. The molecule has 76 valence electrons. The third-order valence-electron chi connectivity index (χ3n) is 1.79. The van der Waals surface area contributed by atoms with Crippen LogP contribution in [0.5, 0.6) is 0 Å². The molecule has 0 bridgehead atoms. The molecule has 0 saturated heterocycles. The molecule has 0 aliphatic rings. The number of aromatic carboxylic acids is 1. The van der Waals surface area contributed by atoms with Gasteiger partial charge in [0.05, 0.1) is 5.56 Å². The van der Waals surface area contributed by atoms with E-state index in [1.165, 1.54) is 30.3 Å². The number of nitriles is 1. The lowest BCUT2D eigenvalue weighted by atomic mass is 10.0. The predicted octanol–water partition coefficient (Wildman–Crippen LogP) is 0.452. The molecule has 5 nitrogen and oxygen atoms in total. The number of benzene rings is 1. The summed E-state index contributed by atoms with van der Waals surface area (Å²) in [7, 11) is 0. The SMILES string of the molecule is N#CC(O)C(=O)c1ccccc1C(=O)O. The van der Waals surface area contributed by atoms with Crippen LogP contribution in [0.25, 0.3) is 0 Å². The van der Waals surface area contributed by atoms with E-state index in [0.29, 0.717) is 0 Å². The Bertz CT molecular complexity index is 447. The molecule has 0 heterocycles. The fourth-order valence-electron chi connectivity index (χ4n) is 1.09. The van der Waals surface area contributed by atoms with Crippen molar-refractivity contribution in [2.75, 3.05) is 0 Å². The summed E-state index contributed by atoms with van der Waals surface area (Å²) in [6, 6.07) is 6.75. The van der Waals surface area contributed by atoms with Crippen molar-refractivity contribution in [1.82, 2.24) is 0 Å². The van der Waals surface area contributed by atoms with Crippen molar-refractivity contribution in [1.29, 1.82) is 5.26 Å². The highest BCUT2D eigenvalue weighted by molar-refractivity contribution is 6.08. The number of rotatable bonds is 3. The van der Waals surface area contributed by atoms with Crippen molar-refractivity contribution in [3.8, 4) is 6.07 Å². The van der Waals surface area contributed by atoms with Crippen LogP contribution >= 0.6 is 0 Å². The lowest BCUT2D eigenvalue weighted by Gasteiger charge is -2.04. The van der Waals surface area contributed by atoms with Gasteiger partial charge >= 0.3 is 5.97 Å². The summed E-state index contributed by atoms with van der Waals surface area (Å²) in [5, 5.41) is 26.1. The molecular formula is C10H7NO4. The third kappa shape index (κ3) is 2.18. The van der Waals surface area contributed by atoms with E-state index in [9.17, 15) is 9.59 Å². The number of aliphatic hydroxyl groups excluding tert-OH is 1. The maximum absolute atomic E-state index is 11.4. The number of aliphatic hydroxyl groups is 1. The molecule has 0 saturated carbocycles. The third-order valence-corrected chi connectivity index (χ3v) is 1.79. The molecule has 0 spiro atoms. The van der Waals surface area contributed by atoms with Gasteiger partial charge in [-0.15, -0.1) is 0 Å². The Kier molecular flexibility index (Phi) is 3.16. The summed E-state index contributed by atoms with van der Waals surface area (Å²) in [6.45, 7) is 0. The van der Waals surface area contributed by atoms with Gasteiger partial charge < -0.3 is 10.2 Å². The number of nitrogens with zero attached hydrogens (tertiary/aromatic N) is 1. The van der Waals surface area contributed by atoms with Gasteiger partial charge in [0, 0.05) is 5.56 Å². The van der Waals surface area contributed by atoms with Crippen LogP contribution in [0, 0.1) is 11.3 Å². The maximum atomic E-state index is 11.4. The first-order valence-corrected chi connectivity index (χ1v) is 4.02. The van der Waals surface area contributed by atoms with Crippen molar-refractivity contribution in [2.45, 2.75) is 6.10 Å². The van der Waals surface area contributed by atoms with Gasteiger partial charge in [0.1, 0.15) is 6.07 Å². The molecule has 0 aliphatic carbocycles. The van der Waals surface area contributed by atoms with Crippen molar-refractivity contribution >= 4 is 11.8 Å². The van der Waals surface area contributed by atoms with Gasteiger partial charge in [-0.05, 0) is 6.07 Å². The zero-order valence-corrected chi connectivity index (χ0v) is 7.54. The van der Waals surface area contributed by atoms with Crippen molar-refractivity contribution in [2.24, 2.45) is 0 Å². The number of carboxylic acid groups (broad SMARTS) is 1. The Morgan fingerprint density at radius 1 is 1.27 bits per heavy atom. The lowest BCUT2D eigenvalue weighted by molar-refractivity contribution is 0.0686. The summed E-state index contributed by atoms with van der Waals surface area (Å²) in [5.41, 5.74) is -0.393. The van der Waals surface area contributed by atoms with Crippen molar-refractivity contribution in [3.05, 3.63) is 35.4 Å². The second kappa shape index (κ2) is 4.35. The monoisotopic (exact) mass is 205 g/mol. The van der Waals surface area contributed by atoms with Crippen LogP contribution in [-0.2, 0) is 0 Å². The van der Waals surface area contributed by atoms with E-state index in [4.69, 9.17) is 15.5 Å². The van der Waals surface area contributed by atoms with Gasteiger partial charge in [0.15, 0.2) is 0 Å². The number of hydrogen-bond donors (Lipinski definition) is 2. The Hall–Kier alpha value is -2.19. The summed E-state index contributed by atoms with van der Waals surface area (Å²) < 4.78 is 0. The smallest absolute Gasteiger partial charge is 0.336 e. The fourth-order valence-corrected chi connectivity index (χ4v) is 1.09. The number of hydrogen-bond acceptors (Lipinski definition) is 4. The zero-order valence-electron chi connectivity index (χ0n) is 7.54. The van der Waals surface area contributed by atoms with Crippen LogP contribution in [0.2, 0.25) is 0 Å². The van der Waals surface area contributed by atoms with E-state index in [2.05, 4.69) is 0 Å². The van der Waals surface area contributed by atoms with Gasteiger partial charge in [-0.1, -0.05) is 18.2 Å². The Morgan fingerprint density at radius 2 is 1.80 bits per heavy atom. The fraction of sp³-hybridized carbons (Fsp3) is 0.100. The van der Waals surface area contributed by atoms with E-state index < -0.39 is 17.9 Å². The standard InChI is InChI=1S/C10H7NO4/c11-5-8(12)9(13)6-3-1-2-4-7(6)10(14)15/h1-4,8,12H,(H,14,15). The normalized spacial score (nSPS) is 11.5. The van der Waals surface area contributed by atoms with Gasteiger partial charge in [-0.3, -0.25) is 4.79 Å². The van der Waals surface area contributed by atoms with Gasteiger partial charge in [-0.2, -0.15) is 5.26 Å². The highest BCUT2D eigenvalue weighted by Gasteiger charge is 2.21. The van der Waals surface area contributed by atoms with E-state index in [1.807, 2.05) is 0 Å². The Morgan fingerprint density at radius 3 is 2.27 bits per heavy atom. The summed E-state index contributed by atoms with van der Waals surface area (Å²) >= 11 is 0. The minimum absolute atomic E-state index is 0.168. The summed E-state index contributed by atoms with van der Waals surface area (Å²) in [6.07, 6.45) is -1.83. The van der Waals surface area contributed by atoms with Gasteiger partial charge in [0.25, 0.3) is 0 Å². The van der Waals surface area contributed by atoms with Crippen molar-refractivity contribution in [3.63, 3.8) is 0 Å². The Labute approximate surface area is 85.2 Å². The topological polar surface area (TPSA) is 98.4 Å². The molecule has 5 heteroatoms. The molecule has 2 N–H and O–H groups in total. The molecule has 1 rings (SSSR count). The molecule has 0 amide bonds. The molecule has 0 fully saturated rings. The molecule has 1 aromatic carbocycles. The molecule has 0 aliphatic heterocycles. The first-order chi connectivity index (χ1) is 7.07. The van der Waals surface area contributed by atoms with E-state index in [0.717, 1.165) is 0 Å². The van der Waals surface area contributed by atoms with Crippen LogP contribution in [0.15, 0.2) is 24.3 Å². The number of carboxylic acids is 1. The van der Waals surface area contributed by atoms with Crippen LogP contribution < -0.4 is 0 Å². The highest BCUT2D eigenvalue weighted by atomic mass is 16.4. The van der Waals surface area contributed by atoms with Gasteiger partial charge in [0.2, 0.25) is 11.9 Å². The molecule has 1 aromatic rings. The van der Waals surface area contributed by atoms with Crippen LogP contribution in [0.3, 0.4) is 0 Å². The highest BCUT2D eigenvalue weighted by Crippen LogP contribution is 2.11. The molecule has 0 aromatic heterocycles. The summed E-state index contributed by atoms with van der Waals surface area (Å²) in [4.78, 5) is 22.1. The average molecular weight is 205 g/mol. The number of ketones is 1. The van der Waals surface area contributed by atoms with Crippen LogP contribution in [0.4, 0.5) is 0 Å². The lowest BCUT2D eigenvalue weighted by Crippen LogP contribution is -2.20. The minimum atomic E-state index is -1.83. The number of carbonyl (C=O) groups excluding carboxylic acids is 1. The predicted molar refractivity (Wildman–Crippen MR) is 49.4 cm³/mol. The first-order valence-electron chi connectivity index (χ1n) is 4.02. The second-order valence-electron chi connectivity index (χ2n) is 2.75. The molecule has 15 heavy (non-hydrogen) atoms. The quantitative estimate of drug-likeness (QED) is 0.551. The average Bonchev–Trinajstić information content (AvgIpc) is 2.27. The van der Waals surface area contributed by atoms with E-state index in [1.54, 1.807) is 0 Å².